The van der Waals surface area contributed by atoms with Crippen LogP contribution in [-0.2, 0) is 28.6 Å². The van der Waals surface area contributed by atoms with Gasteiger partial charge in [-0.3, -0.25) is 19.7 Å². The van der Waals surface area contributed by atoms with Gasteiger partial charge in [0, 0.05) is 18.2 Å². The highest BCUT2D eigenvalue weighted by atomic mass is 19.4. The molecule has 2 aromatic rings. The van der Waals surface area contributed by atoms with Gasteiger partial charge in [-0.1, -0.05) is 30.3 Å². The Bertz CT molecular complexity index is 897. The largest absolute Gasteiger partial charge is 0.481 e. The van der Waals surface area contributed by atoms with Crippen LogP contribution in [0.25, 0.3) is 0 Å². The zero-order chi connectivity index (χ0) is 21.6. The maximum Gasteiger partial charge on any atom is 0.416 e. The van der Waals surface area contributed by atoms with Crippen molar-refractivity contribution in [3.8, 4) is 0 Å². The zero-order valence-electron chi connectivity index (χ0n) is 15.0. The number of benzene rings is 2. The molecule has 1 atom stereocenters. The van der Waals surface area contributed by atoms with Crippen LogP contribution in [0.1, 0.15) is 23.1 Å². The molecule has 0 heterocycles. The highest BCUT2D eigenvalue weighted by Crippen LogP contribution is 2.32. The summed E-state index contributed by atoms with van der Waals surface area (Å²) in [7, 11) is 0. The Hall–Kier alpha value is -3.43. The molecule has 2 rings (SSSR count). The molecule has 10 heteroatoms. The van der Waals surface area contributed by atoms with Crippen LogP contribution in [0.5, 0.6) is 0 Å². The minimum Gasteiger partial charge on any atom is -0.481 e. The second-order valence-electron chi connectivity index (χ2n) is 6.32. The van der Waals surface area contributed by atoms with E-state index in [-0.39, 0.29) is 17.7 Å². The molecule has 0 radical (unpaired) electrons. The minimum atomic E-state index is -4.61. The summed E-state index contributed by atoms with van der Waals surface area (Å²) in [4.78, 5) is 33.4. The van der Waals surface area contributed by atoms with Crippen LogP contribution in [0.4, 0.5) is 18.9 Å². The Morgan fingerprint density at radius 3 is 2.28 bits per heavy atom. The molecule has 0 aliphatic rings. The summed E-state index contributed by atoms with van der Waals surface area (Å²) in [5, 5.41) is 22.2. The number of hydrogen-bond donors (Lipinski definition) is 2. The van der Waals surface area contributed by atoms with Crippen molar-refractivity contribution in [1.82, 2.24) is 5.32 Å². The first kappa shape index (κ1) is 21.9. The Labute approximate surface area is 163 Å². The number of rotatable bonds is 8. The Morgan fingerprint density at radius 1 is 1.10 bits per heavy atom. The number of nitro benzene ring substituents is 1. The van der Waals surface area contributed by atoms with Gasteiger partial charge >= 0.3 is 12.1 Å². The number of amides is 1. The quantitative estimate of drug-likeness (QED) is 0.512. The predicted octanol–water partition coefficient (Wildman–Crippen LogP) is 3.36. The molecule has 2 aromatic carbocycles. The maximum absolute atomic E-state index is 13.1. The van der Waals surface area contributed by atoms with Crippen LogP contribution >= 0.6 is 0 Å². The van der Waals surface area contributed by atoms with Crippen molar-refractivity contribution in [2.24, 2.45) is 0 Å². The third kappa shape index (κ3) is 6.59. The van der Waals surface area contributed by atoms with Gasteiger partial charge in [0.15, 0.2) is 0 Å². The van der Waals surface area contributed by atoms with Crippen molar-refractivity contribution < 1.29 is 32.8 Å². The molecule has 7 nitrogen and oxygen atoms in total. The molecule has 0 bridgehead atoms. The van der Waals surface area contributed by atoms with E-state index >= 15 is 0 Å². The first-order valence-electron chi connectivity index (χ1n) is 8.46. The number of non-ortho nitro benzene ring substituents is 1. The molecule has 0 fully saturated rings. The Balaban J connectivity index is 2.11. The Kier molecular flexibility index (Phi) is 6.92. The van der Waals surface area contributed by atoms with Crippen LogP contribution in [0.3, 0.4) is 0 Å². The van der Waals surface area contributed by atoms with E-state index in [1.807, 2.05) is 0 Å². The van der Waals surface area contributed by atoms with Crippen molar-refractivity contribution in [2.75, 3.05) is 0 Å². The highest BCUT2D eigenvalue weighted by Gasteiger charge is 2.33. The van der Waals surface area contributed by atoms with E-state index in [0.29, 0.717) is 5.56 Å². The van der Waals surface area contributed by atoms with E-state index in [1.165, 1.54) is 42.5 Å². The number of hydrogen-bond acceptors (Lipinski definition) is 4. The number of nitrogens with zero attached hydrogens (tertiary/aromatic N) is 1. The lowest BCUT2D eigenvalue weighted by molar-refractivity contribution is -0.384. The van der Waals surface area contributed by atoms with E-state index in [1.54, 1.807) is 0 Å². The summed E-state index contributed by atoms with van der Waals surface area (Å²) in [5.41, 5.74) is -0.753. The zero-order valence-corrected chi connectivity index (χ0v) is 15.0. The van der Waals surface area contributed by atoms with Gasteiger partial charge < -0.3 is 10.4 Å². The van der Waals surface area contributed by atoms with E-state index in [9.17, 15) is 32.9 Å². The molecule has 0 spiro atoms. The first-order valence-corrected chi connectivity index (χ1v) is 8.46. The standard InChI is InChI=1S/C19H17F3N2O5/c20-19(21,22)16-4-2-1-3-13(16)10-17(25)23-14(11-18(26)27)9-12-5-7-15(8-6-12)24(28)29/h1-8,14H,9-11H2,(H,23,25)(H,26,27). The second-order valence-corrected chi connectivity index (χ2v) is 6.32. The van der Waals surface area contributed by atoms with Gasteiger partial charge in [-0.05, 0) is 23.6 Å². The van der Waals surface area contributed by atoms with Gasteiger partial charge in [-0.25, -0.2) is 0 Å². The monoisotopic (exact) mass is 410 g/mol. The number of carboxylic acids is 1. The van der Waals surface area contributed by atoms with Crippen LogP contribution in [0.15, 0.2) is 48.5 Å². The van der Waals surface area contributed by atoms with Crippen LogP contribution in [-0.4, -0.2) is 27.9 Å². The van der Waals surface area contributed by atoms with Crippen molar-refractivity contribution in [3.05, 3.63) is 75.3 Å². The number of aliphatic carboxylic acids is 1. The van der Waals surface area contributed by atoms with Gasteiger partial charge in [0.05, 0.1) is 23.3 Å². The van der Waals surface area contributed by atoms with E-state index in [4.69, 9.17) is 5.11 Å². The van der Waals surface area contributed by atoms with Crippen LogP contribution < -0.4 is 5.32 Å². The molecule has 1 amide bonds. The molecule has 1 unspecified atom stereocenters. The molecule has 0 aliphatic carbocycles. The lowest BCUT2D eigenvalue weighted by atomic mass is 10.0. The normalized spacial score (nSPS) is 12.2. The molecule has 0 aliphatic heterocycles. The summed E-state index contributed by atoms with van der Waals surface area (Å²) in [5.74, 6) is -1.96. The number of carbonyl (C=O) groups excluding carboxylic acids is 1. The fourth-order valence-electron chi connectivity index (χ4n) is 2.83. The van der Waals surface area contributed by atoms with Crippen molar-refractivity contribution >= 4 is 17.6 Å². The minimum absolute atomic E-state index is 0.0525. The molecule has 0 aromatic heterocycles. The van der Waals surface area contributed by atoms with Crippen LogP contribution in [0, 0.1) is 10.1 Å². The summed E-state index contributed by atoms with van der Waals surface area (Å²) >= 11 is 0. The third-order valence-electron chi connectivity index (χ3n) is 4.09. The van der Waals surface area contributed by atoms with Gasteiger partial charge in [0.25, 0.3) is 5.69 Å². The average Bonchev–Trinajstić information content (AvgIpc) is 2.61. The van der Waals surface area contributed by atoms with E-state index in [0.717, 1.165) is 6.07 Å². The summed E-state index contributed by atoms with van der Waals surface area (Å²) < 4.78 is 39.2. The van der Waals surface area contributed by atoms with Gasteiger partial charge in [0.2, 0.25) is 5.91 Å². The Morgan fingerprint density at radius 2 is 1.72 bits per heavy atom. The van der Waals surface area contributed by atoms with Crippen molar-refractivity contribution in [3.63, 3.8) is 0 Å². The van der Waals surface area contributed by atoms with E-state index < -0.39 is 47.4 Å². The summed E-state index contributed by atoms with van der Waals surface area (Å²) in [6.07, 6.45) is -5.58. The summed E-state index contributed by atoms with van der Waals surface area (Å²) in [6, 6.07) is 9.10. The number of nitrogens with one attached hydrogen (secondary N) is 1. The van der Waals surface area contributed by atoms with Gasteiger partial charge in [-0.15, -0.1) is 0 Å². The highest BCUT2D eigenvalue weighted by molar-refractivity contribution is 5.80. The first-order chi connectivity index (χ1) is 13.6. The predicted molar refractivity (Wildman–Crippen MR) is 96.1 cm³/mol. The number of nitro groups is 1. The number of carbonyl (C=O) groups is 2. The fraction of sp³-hybridized carbons (Fsp3) is 0.263. The summed E-state index contributed by atoms with van der Waals surface area (Å²) in [6.45, 7) is 0. The van der Waals surface area contributed by atoms with E-state index in [2.05, 4.69) is 5.32 Å². The molecular formula is C19H17F3N2O5. The number of alkyl halides is 3. The fourth-order valence-corrected chi connectivity index (χ4v) is 2.83. The van der Waals surface area contributed by atoms with Crippen LogP contribution in [0.2, 0.25) is 0 Å². The molecule has 0 saturated carbocycles. The smallest absolute Gasteiger partial charge is 0.416 e. The van der Waals surface area contributed by atoms with Gasteiger partial charge in [0.1, 0.15) is 0 Å². The van der Waals surface area contributed by atoms with Crippen molar-refractivity contribution in [2.45, 2.75) is 31.5 Å². The third-order valence-corrected chi connectivity index (χ3v) is 4.09. The molecule has 0 saturated heterocycles. The lowest BCUT2D eigenvalue weighted by Gasteiger charge is -2.18. The SMILES string of the molecule is O=C(O)CC(Cc1ccc([N+](=O)[O-])cc1)NC(=O)Cc1ccccc1C(F)(F)F. The van der Waals surface area contributed by atoms with Crippen molar-refractivity contribution in [1.29, 1.82) is 0 Å². The maximum atomic E-state index is 13.1. The number of halogens is 3. The van der Waals surface area contributed by atoms with Gasteiger partial charge in [-0.2, -0.15) is 13.2 Å². The molecular weight excluding hydrogens is 393 g/mol. The second kappa shape index (κ2) is 9.18. The molecule has 29 heavy (non-hydrogen) atoms. The molecule has 2 N–H and O–H groups in total. The molecule has 154 valence electrons. The number of carboxylic acid groups (broad SMARTS) is 1. The average molecular weight is 410 g/mol. The topological polar surface area (TPSA) is 110 Å². The lowest BCUT2D eigenvalue weighted by Crippen LogP contribution is -2.39.